The summed E-state index contributed by atoms with van der Waals surface area (Å²) >= 11 is 6.13. The van der Waals surface area contributed by atoms with E-state index in [4.69, 9.17) is 16.3 Å². The Labute approximate surface area is 185 Å². The molecule has 1 atom stereocenters. The van der Waals surface area contributed by atoms with E-state index in [1.165, 1.54) is 0 Å². The molecule has 1 N–H and O–H groups in total. The van der Waals surface area contributed by atoms with Crippen LogP contribution in [0.15, 0.2) is 18.5 Å². The van der Waals surface area contributed by atoms with E-state index in [0.717, 1.165) is 29.9 Å². The second-order valence-electron chi connectivity index (χ2n) is 7.27. The van der Waals surface area contributed by atoms with Crippen LogP contribution in [0.4, 0.5) is 27.8 Å². The molecule has 1 aromatic carbocycles. The average Bonchev–Trinajstić information content (AvgIpc) is 3.13. The van der Waals surface area contributed by atoms with Crippen LogP contribution in [0.2, 0.25) is 5.15 Å². The number of benzene rings is 1. The summed E-state index contributed by atoms with van der Waals surface area (Å²) in [5.41, 5.74) is -1.09. The van der Waals surface area contributed by atoms with Crippen LogP contribution in [0.3, 0.4) is 0 Å². The highest BCUT2D eigenvalue weighted by Crippen LogP contribution is 2.39. The van der Waals surface area contributed by atoms with Crippen molar-refractivity contribution in [2.45, 2.75) is 25.6 Å². The maximum atomic E-state index is 15.0. The number of nitrogens with zero attached hydrogens (tertiary/aromatic N) is 5. The zero-order valence-corrected chi connectivity index (χ0v) is 18.1. The van der Waals surface area contributed by atoms with Crippen molar-refractivity contribution in [3.05, 3.63) is 35.2 Å². The van der Waals surface area contributed by atoms with Crippen molar-refractivity contribution < 1.29 is 26.7 Å². The first-order chi connectivity index (χ1) is 15.0. The van der Waals surface area contributed by atoms with E-state index in [9.17, 15) is 22.0 Å². The Morgan fingerprint density at radius 2 is 1.84 bits per heavy atom. The summed E-state index contributed by atoms with van der Waals surface area (Å²) in [6.45, 7) is 1.78. The molecule has 0 unspecified atom stereocenters. The van der Waals surface area contributed by atoms with Gasteiger partial charge in [-0.2, -0.15) is 32.8 Å². The number of halogens is 6. The second-order valence-corrected chi connectivity index (χ2v) is 7.63. The number of aromatic nitrogens is 4. The standard InChI is InChI=1S/C19H20ClF5N6O/c1-10(19(23,24)25)28-17-15(16(20)29-18-26-9-27-31(17)18)14-12(21)7-11(8-13(14)22)32-6-4-5-30(2)3/h7-10,28H,4-6H2,1-3H3/t10-/m1/s1. The van der Waals surface area contributed by atoms with Crippen LogP contribution in [0.25, 0.3) is 16.9 Å². The van der Waals surface area contributed by atoms with Crippen LogP contribution < -0.4 is 10.1 Å². The van der Waals surface area contributed by atoms with Crippen molar-refractivity contribution in [1.29, 1.82) is 0 Å². The van der Waals surface area contributed by atoms with Gasteiger partial charge in [-0.1, -0.05) is 11.6 Å². The highest BCUT2D eigenvalue weighted by molar-refractivity contribution is 6.33. The van der Waals surface area contributed by atoms with E-state index < -0.39 is 46.0 Å². The van der Waals surface area contributed by atoms with Crippen molar-refractivity contribution in [3.63, 3.8) is 0 Å². The number of ether oxygens (including phenoxy) is 1. The van der Waals surface area contributed by atoms with Gasteiger partial charge in [0.25, 0.3) is 5.78 Å². The maximum absolute atomic E-state index is 15.0. The van der Waals surface area contributed by atoms with Crippen molar-refractivity contribution in [1.82, 2.24) is 24.5 Å². The number of anilines is 1. The van der Waals surface area contributed by atoms with E-state index in [1.807, 2.05) is 19.0 Å². The van der Waals surface area contributed by atoms with Gasteiger partial charge in [-0.3, -0.25) is 0 Å². The van der Waals surface area contributed by atoms with E-state index in [1.54, 1.807) is 0 Å². The first-order valence-electron chi connectivity index (χ1n) is 9.48. The van der Waals surface area contributed by atoms with Crippen LogP contribution in [0.1, 0.15) is 13.3 Å². The summed E-state index contributed by atoms with van der Waals surface area (Å²) < 4.78 is 75.8. The molecule has 0 radical (unpaired) electrons. The molecule has 0 aliphatic carbocycles. The Hall–Kier alpha value is -2.73. The van der Waals surface area contributed by atoms with Crippen LogP contribution >= 0.6 is 11.6 Å². The number of hydrogen-bond acceptors (Lipinski definition) is 6. The van der Waals surface area contributed by atoms with Gasteiger partial charge in [0.05, 0.1) is 17.7 Å². The van der Waals surface area contributed by atoms with Gasteiger partial charge in [-0.25, -0.2) is 8.78 Å². The normalized spacial score (nSPS) is 13.1. The molecule has 13 heteroatoms. The Bertz CT molecular complexity index is 1080. The van der Waals surface area contributed by atoms with Crippen molar-refractivity contribution >= 4 is 23.2 Å². The molecule has 0 aliphatic rings. The van der Waals surface area contributed by atoms with Gasteiger partial charge in [-0.15, -0.1) is 0 Å². The molecular weight excluding hydrogens is 459 g/mol. The highest BCUT2D eigenvalue weighted by Gasteiger charge is 2.37. The zero-order valence-electron chi connectivity index (χ0n) is 17.3. The fraction of sp³-hybridized carbons (Fsp3) is 0.421. The molecule has 32 heavy (non-hydrogen) atoms. The summed E-state index contributed by atoms with van der Waals surface area (Å²) in [6.07, 6.45) is -3.00. The molecule has 0 saturated carbocycles. The molecule has 7 nitrogen and oxygen atoms in total. The third-order valence-electron chi connectivity index (χ3n) is 4.51. The molecule has 0 amide bonds. The molecule has 0 saturated heterocycles. The fourth-order valence-electron chi connectivity index (χ4n) is 2.90. The molecule has 2 heterocycles. The third-order valence-corrected chi connectivity index (χ3v) is 4.78. The van der Waals surface area contributed by atoms with Crippen molar-refractivity contribution in [3.8, 4) is 16.9 Å². The van der Waals surface area contributed by atoms with Gasteiger partial charge in [0.15, 0.2) is 0 Å². The van der Waals surface area contributed by atoms with Crippen LogP contribution in [-0.4, -0.2) is 63.9 Å². The Balaban J connectivity index is 2.05. The lowest BCUT2D eigenvalue weighted by Crippen LogP contribution is -2.34. The Morgan fingerprint density at radius 1 is 1.19 bits per heavy atom. The van der Waals surface area contributed by atoms with E-state index in [0.29, 0.717) is 13.0 Å². The molecule has 0 bridgehead atoms. The molecule has 0 spiro atoms. The SMILES string of the molecule is C[C@@H](Nc1c(-c2c(F)cc(OCCCN(C)C)cc2F)c(Cl)nc2ncnn12)C(F)(F)F. The van der Waals surface area contributed by atoms with Gasteiger partial charge in [0.1, 0.15) is 40.7 Å². The molecule has 174 valence electrons. The summed E-state index contributed by atoms with van der Waals surface area (Å²) in [5.74, 6) is -2.78. The minimum atomic E-state index is -4.65. The monoisotopic (exact) mass is 478 g/mol. The molecule has 3 rings (SSSR count). The minimum Gasteiger partial charge on any atom is -0.493 e. The minimum absolute atomic E-state index is 0.0633. The third kappa shape index (κ3) is 5.18. The molecule has 0 fully saturated rings. The van der Waals surface area contributed by atoms with Gasteiger partial charge >= 0.3 is 6.18 Å². The topological polar surface area (TPSA) is 67.6 Å². The van der Waals surface area contributed by atoms with Gasteiger partial charge in [-0.05, 0) is 27.4 Å². The Kier molecular flexibility index (Phi) is 7.03. The average molecular weight is 479 g/mol. The van der Waals surface area contributed by atoms with E-state index >= 15 is 0 Å². The van der Waals surface area contributed by atoms with Gasteiger partial charge in [0, 0.05) is 18.7 Å². The Morgan fingerprint density at radius 3 is 2.44 bits per heavy atom. The van der Waals surface area contributed by atoms with Crippen LogP contribution in [-0.2, 0) is 0 Å². The summed E-state index contributed by atoms with van der Waals surface area (Å²) in [5, 5.41) is 5.54. The quantitative estimate of drug-likeness (QED) is 0.294. The van der Waals surface area contributed by atoms with Gasteiger partial charge < -0.3 is 15.0 Å². The van der Waals surface area contributed by atoms with Crippen LogP contribution in [0, 0.1) is 11.6 Å². The number of nitrogens with one attached hydrogen (secondary N) is 1. The molecule has 2 aromatic heterocycles. The summed E-state index contributed by atoms with van der Waals surface area (Å²) in [7, 11) is 3.76. The first-order valence-corrected chi connectivity index (χ1v) is 9.86. The van der Waals surface area contributed by atoms with Crippen molar-refractivity contribution in [2.24, 2.45) is 0 Å². The molecule has 3 aromatic rings. The lowest BCUT2D eigenvalue weighted by atomic mass is 10.1. The fourth-order valence-corrected chi connectivity index (χ4v) is 3.16. The smallest absolute Gasteiger partial charge is 0.408 e. The first kappa shape index (κ1) is 23.9. The second kappa shape index (κ2) is 9.41. The largest absolute Gasteiger partial charge is 0.493 e. The number of hydrogen-bond donors (Lipinski definition) is 1. The zero-order chi connectivity index (χ0) is 23.6. The number of alkyl halides is 3. The number of fused-ring (bicyclic) bond motifs is 1. The lowest BCUT2D eigenvalue weighted by molar-refractivity contribution is -0.138. The summed E-state index contributed by atoms with van der Waals surface area (Å²) in [4.78, 5) is 9.60. The maximum Gasteiger partial charge on any atom is 0.408 e. The van der Waals surface area contributed by atoms with E-state index in [-0.39, 0.29) is 18.1 Å². The highest BCUT2D eigenvalue weighted by atomic mass is 35.5. The predicted molar refractivity (Wildman–Crippen MR) is 109 cm³/mol. The van der Waals surface area contributed by atoms with Gasteiger partial charge in [0.2, 0.25) is 0 Å². The summed E-state index contributed by atoms with van der Waals surface area (Å²) in [6, 6.07) is -0.211. The molecular formula is C19H20ClF5N6O. The lowest BCUT2D eigenvalue weighted by Gasteiger charge is -2.21. The van der Waals surface area contributed by atoms with Crippen molar-refractivity contribution in [2.75, 3.05) is 32.6 Å². The predicted octanol–water partition coefficient (Wildman–Crippen LogP) is 4.42. The molecule has 0 aliphatic heterocycles. The van der Waals surface area contributed by atoms with Crippen LogP contribution in [0.5, 0.6) is 5.75 Å². The van der Waals surface area contributed by atoms with E-state index in [2.05, 4.69) is 20.4 Å². The number of rotatable bonds is 8.